The summed E-state index contributed by atoms with van der Waals surface area (Å²) in [6.45, 7) is 1.68. The fourth-order valence-corrected chi connectivity index (χ4v) is 3.78. The minimum Gasteiger partial charge on any atom is -0.508 e. The lowest BCUT2D eigenvalue weighted by Crippen LogP contribution is -2.24. The molecule has 0 aliphatic carbocycles. The van der Waals surface area contributed by atoms with Gasteiger partial charge in [0.25, 0.3) is 0 Å². The number of hydrogen-bond acceptors (Lipinski definition) is 4. The van der Waals surface area contributed by atoms with Gasteiger partial charge in [-0.05, 0) is 54.9 Å². The number of furan rings is 1. The van der Waals surface area contributed by atoms with Crippen LogP contribution in [0, 0.1) is 0 Å². The smallest absolute Gasteiger partial charge is 0.137 e. The van der Waals surface area contributed by atoms with Crippen LogP contribution in [0.4, 0.5) is 0 Å². The Morgan fingerprint density at radius 3 is 2.83 bits per heavy atom. The lowest BCUT2D eigenvalue weighted by Gasteiger charge is -2.22. The Kier molecular flexibility index (Phi) is 3.66. The number of hydrogen-bond donors (Lipinski definition) is 2. The molecule has 1 aliphatic heterocycles. The quantitative estimate of drug-likeness (QED) is 0.698. The van der Waals surface area contributed by atoms with Crippen LogP contribution in [0.15, 0.2) is 41.0 Å². The molecule has 0 spiro atoms. The first-order valence-electron chi connectivity index (χ1n) is 7.93. The predicted molar refractivity (Wildman–Crippen MR) is 94.0 cm³/mol. The van der Waals surface area contributed by atoms with Crippen LogP contribution in [0.5, 0.6) is 11.5 Å². The minimum absolute atomic E-state index is 0.0172. The Morgan fingerprint density at radius 2 is 2.00 bits per heavy atom. The maximum absolute atomic E-state index is 10.1. The van der Waals surface area contributed by atoms with Gasteiger partial charge in [-0.15, -0.1) is 0 Å². The molecule has 1 atom stereocenters. The number of halogens is 1. The molecule has 0 radical (unpaired) electrons. The Balaban J connectivity index is 1.96. The van der Waals surface area contributed by atoms with Crippen LogP contribution >= 0.6 is 11.6 Å². The SMILES string of the molecule is CN1CCc2cc(Cl)c(O)cc2C(c2cc(O)cc3ccoc23)C1. The summed E-state index contributed by atoms with van der Waals surface area (Å²) in [6, 6.07) is 8.90. The minimum atomic E-state index is -0.0172. The summed E-state index contributed by atoms with van der Waals surface area (Å²) in [6.07, 6.45) is 2.50. The number of likely N-dealkylation sites (N-methyl/N-ethyl adjacent to an activating group) is 1. The normalized spacial score (nSPS) is 18.5. The van der Waals surface area contributed by atoms with Gasteiger partial charge in [-0.1, -0.05) is 11.6 Å². The summed E-state index contributed by atoms with van der Waals surface area (Å²) in [5.41, 5.74) is 3.85. The summed E-state index contributed by atoms with van der Waals surface area (Å²) in [4.78, 5) is 2.24. The molecule has 1 aliphatic rings. The predicted octanol–water partition coefficient (Wildman–Crippen LogP) is 4.12. The van der Waals surface area contributed by atoms with Gasteiger partial charge in [0, 0.05) is 30.0 Å². The molecule has 2 N–H and O–H groups in total. The van der Waals surface area contributed by atoms with Crippen LogP contribution in [0.25, 0.3) is 11.0 Å². The van der Waals surface area contributed by atoms with Gasteiger partial charge in [0.05, 0.1) is 11.3 Å². The average Bonchev–Trinajstić information content (AvgIpc) is 2.95. The second-order valence-electron chi connectivity index (χ2n) is 6.44. The second-order valence-corrected chi connectivity index (χ2v) is 6.85. The van der Waals surface area contributed by atoms with Crippen LogP contribution in [0.1, 0.15) is 22.6 Å². The van der Waals surface area contributed by atoms with E-state index in [9.17, 15) is 10.2 Å². The number of aromatic hydroxyl groups is 2. The van der Waals surface area contributed by atoms with E-state index in [0.29, 0.717) is 5.02 Å². The summed E-state index contributed by atoms with van der Waals surface area (Å²) >= 11 is 6.11. The van der Waals surface area contributed by atoms with Crippen molar-refractivity contribution in [2.45, 2.75) is 12.3 Å². The molecule has 3 aromatic rings. The van der Waals surface area contributed by atoms with Gasteiger partial charge in [0.2, 0.25) is 0 Å². The summed E-state index contributed by atoms with van der Waals surface area (Å²) < 4.78 is 5.68. The molecule has 5 heteroatoms. The van der Waals surface area contributed by atoms with Gasteiger partial charge in [-0.25, -0.2) is 0 Å². The second kappa shape index (κ2) is 5.72. The molecule has 1 unspecified atom stereocenters. The van der Waals surface area contributed by atoms with Crippen LogP contribution in [0.2, 0.25) is 5.02 Å². The van der Waals surface area contributed by atoms with Crippen molar-refractivity contribution in [2.24, 2.45) is 0 Å². The van der Waals surface area contributed by atoms with Crippen LogP contribution in [-0.4, -0.2) is 35.3 Å². The zero-order valence-electron chi connectivity index (χ0n) is 13.3. The topological polar surface area (TPSA) is 56.8 Å². The fourth-order valence-electron chi connectivity index (χ4n) is 3.59. The van der Waals surface area contributed by atoms with Gasteiger partial charge in [-0.3, -0.25) is 0 Å². The van der Waals surface area contributed by atoms with Gasteiger partial charge in [0.15, 0.2) is 0 Å². The molecule has 2 heterocycles. The highest BCUT2D eigenvalue weighted by molar-refractivity contribution is 6.32. The molecule has 24 heavy (non-hydrogen) atoms. The van der Waals surface area contributed by atoms with E-state index in [2.05, 4.69) is 11.9 Å². The van der Waals surface area contributed by atoms with Crippen molar-refractivity contribution in [3.63, 3.8) is 0 Å². The van der Waals surface area contributed by atoms with E-state index in [0.717, 1.165) is 47.2 Å². The monoisotopic (exact) mass is 343 g/mol. The van der Waals surface area contributed by atoms with Gasteiger partial charge in [-0.2, -0.15) is 0 Å². The maximum atomic E-state index is 10.1. The maximum Gasteiger partial charge on any atom is 0.137 e. The molecule has 0 bridgehead atoms. The highest BCUT2D eigenvalue weighted by Crippen LogP contribution is 2.40. The van der Waals surface area contributed by atoms with Crippen molar-refractivity contribution >= 4 is 22.6 Å². The van der Waals surface area contributed by atoms with E-state index in [1.165, 1.54) is 0 Å². The number of fused-ring (bicyclic) bond motifs is 2. The van der Waals surface area contributed by atoms with Gasteiger partial charge < -0.3 is 19.5 Å². The van der Waals surface area contributed by atoms with E-state index in [-0.39, 0.29) is 17.4 Å². The lowest BCUT2D eigenvalue weighted by atomic mass is 9.87. The van der Waals surface area contributed by atoms with E-state index in [4.69, 9.17) is 16.0 Å². The summed E-state index contributed by atoms with van der Waals surface area (Å²) in [5.74, 6) is 0.280. The van der Waals surface area contributed by atoms with E-state index in [1.807, 2.05) is 12.1 Å². The van der Waals surface area contributed by atoms with Crippen molar-refractivity contribution in [2.75, 3.05) is 20.1 Å². The average molecular weight is 344 g/mol. The molecule has 2 aromatic carbocycles. The molecule has 4 rings (SSSR count). The first-order chi connectivity index (χ1) is 11.5. The van der Waals surface area contributed by atoms with Crippen molar-refractivity contribution in [1.29, 1.82) is 0 Å². The number of benzene rings is 2. The first kappa shape index (κ1) is 15.4. The molecule has 0 saturated heterocycles. The molecule has 0 amide bonds. The zero-order chi connectivity index (χ0) is 16.8. The molecule has 0 saturated carbocycles. The number of rotatable bonds is 1. The Labute approximate surface area is 144 Å². The van der Waals surface area contributed by atoms with Crippen molar-refractivity contribution < 1.29 is 14.6 Å². The highest BCUT2D eigenvalue weighted by atomic mass is 35.5. The van der Waals surface area contributed by atoms with E-state index < -0.39 is 0 Å². The molecule has 1 aromatic heterocycles. The first-order valence-corrected chi connectivity index (χ1v) is 8.30. The van der Waals surface area contributed by atoms with Crippen molar-refractivity contribution in [3.05, 3.63) is 58.3 Å². The van der Waals surface area contributed by atoms with Crippen LogP contribution < -0.4 is 0 Å². The third-order valence-electron chi connectivity index (χ3n) is 4.78. The number of phenolic OH excluding ortho intramolecular Hbond substituents is 2. The largest absolute Gasteiger partial charge is 0.508 e. The van der Waals surface area contributed by atoms with E-state index in [1.54, 1.807) is 24.5 Å². The molecule has 0 fully saturated rings. The highest BCUT2D eigenvalue weighted by Gasteiger charge is 2.27. The number of nitrogens with zero attached hydrogens (tertiary/aromatic N) is 1. The van der Waals surface area contributed by atoms with Gasteiger partial charge in [0.1, 0.15) is 17.1 Å². The molecule has 124 valence electrons. The summed E-state index contributed by atoms with van der Waals surface area (Å²) in [5, 5.41) is 21.5. The number of phenols is 2. The summed E-state index contributed by atoms with van der Waals surface area (Å²) in [7, 11) is 2.07. The van der Waals surface area contributed by atoms with Gasteiger partial charge >= 0.3 is 0 Å². The fraction of sp³-hybridized carbons (Fsp3) is 0.263. The third kappa shape index (κ3) is 2.52. The Hall–Kier alpha value is -2.17. The van der Waals surface area contributed by atoms with Crippen molar-refractivity contribution in [3.8, 4) is 11.5 Å². The van der Waals surface area contributed by atoms with Crippen LogP contribution in [0.3, 0.4) is 0 Å². The van der Waals surface area contributed by atoms with Crippen LogP contribution in [-0.2, 0) is 6.42 Å². The standard InChI is InChI=1S/C19H18ClNO3/c1-21-4-2-11-7-17(20)18(23)9-14(11)16(10-21)15-8-13(22)6-12-3-5-24-19(12)15/h3,5-9,16,22-23H,2,4,10H2,1H3. The molecular formula is C19H18ClNO3. The van der Waals surface area contributed by atoms with E-state index >= 15 is 0 Å². The third-order valence-corrected chi connectivity index (χ3v) is 5.08. The Bertz CT molecular complexity index is 918. The van der Waals surface area contributed by atoms with Crippen molar-refractivity contribution in [1.82, 2.24) is 4.90 Å². The molecule has 4 nitrogen and oxygen atoms in total. The molecular weight excluding hydrogens is 326 g/mol. The lowest BCUT2D eigenvalue weighted by molar-refractivity contribution is 0.337. The zero-order valence-corrected chi connectivity index (χ0v) is 14.0. The Morgan fingerprint density at radius 1 is 1.17 bits per heavy atom.